The van der Waals surface area contributed by atoms with Crippen molar-refractivity contribution in [3.05, 3.63) is 121 Å². The molecule has 1 saturated heterocycles. The van der Waals surface area contributed by atoms with Gasteiger partial charge in [0.15, 0.2) is 0 Å². The van der Waals surface area contributed by atoms with E-state index in [-0.39, 0.29) is 11.9 Å². The van der Waals surface area contributed by atoms with Gasteiger partial charge in [-0.2, -0.15) is 0 Å². The number of β-lactam (4-membered cyclic amide) rings is 1. The summed E-state index contributed by atoms with van der Waals surface area (Å²) in [5.41, 5.74) is 1.98. The van der Waals surface area contributed by atoms with Crippen molar-refractivity contribution in [2.75, 3.05) is 4.90 Å². The fraction of sp³-hybridized carbons (Fsp3) is 0.0690. The first-order chi connectivity index (χ1) is 15.8. The Morgan fingerprint density at radius 3 is 2.00 bits per heavy atom. The van der Waals surface area contributed by atoms with Crippen molar-refractivity contribution in [3.8, 4) is 5.75 Å². The van der Waals surface area contributed by atoms with Crippen molar-refractivity contribution in [1.82, 2.24) is 0 Å². The molecule has 0 aromatic heterocycles. The van der Waals surface area contributed by atoms with Crippen molar-refractivity contribution in [3.63, 3.8) is 0 Å². The normalized spacial score (nSPS) is 18.0. The van der Waals surface area contributed by atoms with Crippen molar-refractivity contribution in [2.24, 2.45) is 0 Å². The molecule has 1 aliphatic heterocycles. The molecule has 0 radical (unpaired) electrons. The van der Waals surface area contributed by atoms with Crippen LogP contribution in [0.1, 0.15) is 11.6 Å². The standard InChI is InChI=1S/C29H21NO2/c31-29-28(32-24-15-5-2-6-16-24)27(30(29)23-13-3-1-4-14-23)25-17-9-12-22-18-20-10-7-8-11-21(20)19-26(22)25/h1-19,27-28H/t27-,28+/m1/s1. The molecule has 2 atom stereocenters. The van der Waals surface area contributed by atoms with E-state index in [1.54, 1.807) is 0 Å². The molecule has 0 saturated carbocycles. The monoisotopic (exact) mass is 415 g/mol. The second kappa shape index (κ2) is 7.54. The average Bonchev–Trinajstić information content (AvgIpc) is 2.85. The van der Waals surface area contributed by atoms with Crippen molar-refractivity contribution < 1.29 is 9.53 Å². The van der Waals surface area contributed by atoms with Crippen LogP contribution in [0.5, 0.6) is 5.75 Å². The minimum Gasteiger partial charge on any atom is -0.478 e. The predicted molar refractivity (Wildman–Crippen MR) is 129 cm³/mol. The lowest BCUT2D eigenvalue weighted by Crippen LogP contribution is -2.61. The van der Waals surface area contributed by atoms with Crippen LogP contribution >= 0.6 is 0 Å². The molecule has 0 unspecified atom stereocenters. The van der Waals surface area contributed by atoms with E-state index in [4.69, 9.17) is 4.74 Å². The van der Waals surface area contributed by atoms with Crippen LogP contribution in [0, 0.1) is 0 Å². The SMILES string of the molecule is O=C1[C@@H](Oc2ccccc2)[C@@H](c2cccc3cc4ccccc4cc23)N1c1ccccc1. The van der Waals surface area contributed by atoms with E-state index in [1.807, 2.05) is 65.6 Å². The smallest absolute Gasteiger partial charge is 0.271 e. The molecule has 0 spiro atoms. The Balaban J connectivity index is 1.51. The summed E-state index contributed by atoms with van der Waals surface area (Å²) < 4.78 is 6.23. The largest absolute Gasteiger partial charge is 0.478 e. The Morgan fingerprint density at radius 2 is 1.25 bits per heavy atom. The Bertz CT molecular complexity index is 1430. The van der Waals surface area contributed by atoms with Crippen LogP contribution in [0.15, 0.2) is 115 Å². The molecule has 3 nitrogen and oxygen atoms in total. The van der Waals surface area contributed by atoms with Crippen LogP contribution in [0.2, 0.25) is 0 Å². The van der Waals surface area contributed by atoms with E-state index in [2.05, 4.69) is 54.6 Å². The Kier molecular flexibility index (Phi) is 4.39. The van der Waals surface area contributed by atoms with Crippen LogP contribution < -0.4 is 9.64 Å². The molecular weight excluding hydrogens is 394 g/mol. The molecular formula is C29H21NO2. The maximum Gasteiger partial charge on any atom is 0.271 e. The van der Waals surface area contributed by atoms with Gasteiger partial charge >= 0.3 is 0 Å². The fourth-order valence-corrected chi connectivity index (χ4v) is 4.65. The molecule has 32 heavy (non-hydrogen) atoms. The topological polar surface area (TPSA) is 29.5 Å². The highest BCUT2D eigenvalue weighted by molar-refractivity contribution is 6.08. The molecule has 154 valence electrons. The second-order valence-corrected chi connectivity index (χ2v) is 8.11. The van der Waals surface area contributed by atoms with Gasteiger partial charge < -0.3 is 4.74 Å². The van der Waals surface area contributed by atoms with Crippen molar-refractivity contribution in [1.29, 1.82) is 0 Å². The van der Waals surface area contributed by atoms with Gasteiger partial charge in [0.2, 0.25) is 6.10 Å². The number of fused-ring (bicyclic) bond motifs is 2. The number of carbonyl (C=O) groups is 1. The average molecular weight is 415 g/mol. The highest BCUT2D eigenvalue weighted by Crippen LogP contribution is 2.43. The van der Waals surface area contributed by atoms with Crippen molar-refractivity contribution in [2.45, 2.75) is 12.1 Å². The zero-order valence-corrected chi connectivity index (χ0v) is 17.4. The highest BCUT2D eigenvalue weighted by atomic mass is 16.5. The maximum absolute atomic E-state index is 13.3. The Morgan fingerprint density at radius 1 is 0.625 bits per heavy atom. The van der Waals surface area contributed by atoms with Crippen LogP contribution in [0.4, 0.5) is 5.69 Å². The molecule has 3 heteroatoms. The first kappa shape index (κ1) is 18.6. The van der Waals surface area contributed by atoms with Crippen molar-refractivity contribution >= 4 is 33.1 Å². The number of benzene rings is 5. The molecule has 1 fully saturated rings. The Hall–Kier alpha value is -4.11. The van der Waals surface area contributed by atoms with Gasteiger partial charge in [0.05, 0.1) is 0 Å². The van der Waals surface area contributed by atoms with E-state index in [0.717, 1.165) is 22.0 Å². The van der Waals surface area contributed by atoms with E-state index in [1.165, 1.54) is 10.8 Å². The zero-order chi connectivity index (χ0) is 21.5. The van der Waals surface area contributed by atoms with Gasteiger partial charge in [0.1, 0.15) is 11.8 Å². The fourth-order valence-electron chi connectivity index (χ4n) is 4.65. The summed E-state index contributed by atoms with van der Waals surface area (Å²) in [6.45, 7) is 0. The number of ether oxygens (including phenoxy) is 1. The predicted octanol–water partition coefficient (Wildman–Crippen LogP) is 6.53. The van der Waals surface area contributed by atoms with Crippen LogP contribution in [0.25, 0.3) is 21.5 Å². The summed E-state index contributed by atoms with van der Waals surface area (Å²) in [4.78, 5) is 15.2. The van der Waals surface area contributed by atoms with E-state index < -0.39 is 6.10 Å². The summed E-state index contributed by atoms with van der Waals surface area (Å²) in [6.07, 6.45) is -0.574. The first-order valence-corrected chi connectivity index (χ1v) is 10.8. The molecule has 1 amide bonds. The molecule has 5 aromatic rings. The highest BCUT2D eigenvalue weighted by Gasteiger charge is 2.51. The minimum atomic E-state index is -0.574. The number of hydrogen-bond donors (Lipinski definition) is 0. The summed E-state index contributed by atoms with van der Waals surface area (Å²) in [7, 11) is 0. The number of carbonyl (C=O) groups excluding carboxylic acids is 1. The lowest BCUT2D eigenvalue weighted by atomic mass is 9.86. The lowest BCUT2D eigenvalue weighted by Gasteiger charge is -2.47. The molecule has 6 rings (SSSR count). The van der Waals surface area contributed by atoms with E-state index in [9.17, 15) is 4.79 Å². The van der Waals surface area contributed by atoms with Gasteiger partial charge in [-0.1, -0.05) is 78.9 Å². The number of amides is 1. The lowest BCUT2D eigenvalue weighted by molar-refractivity contribution is -0.134. The van der Waals surface area contributed by atoms with Gasteiger partial charge in [-0.3, -0.25) is 9.69 Å². The quantitative estimate of drug-likeness (QED) is 0.247. The van der Waals surface area contributed by atoms with Gasteiger partial charge in [-0.25, -0.2) is 0 Å². The van der Waals surface area contributed by atoms with Gasteiger partial charge in [0.25, 0.3) is 5.91 Å². The molecule has 1 heterocycles. The minimum absolute atomic E-state index is 0.0251. The summed E-state index contributed by atoms with van der Waals surface area (Å²) in [5.74, 6) is 0.678. The maximum atomic E-state index is 13.3. The molecule has 5 aromatic carbocycles. The third-order valence-electron chi connectivity index (χ3n) is 6.19. The molecule has 0 N–H and O–H groups in total. The molecule has 0 bridgehead atoms. The van der Waals surface area contributed by atoms with Crippen LogP contribution in [0.3, 0.4) is 0 Å². The summed E-state index contributed by atoms with van der Waals surface area (Å²) in [5, 5.41) is 4.70. The van der Waals surface area contributed by atoms with Gasteiger partial charge in [0, 0.05) is 5.69 Å². The number of rotatable bonds is 4. The van der Waals surface area contributed by atoms with Crippen LogP contribution in [-0.4, -0.2) is 12.0 Å². The second-order valence-electron chi connectivity index (χ2n) is 8.11. The summed E-state index contributed by atoms with van der Waals surface area (Å²) in [6, 6.07) is 38.3. The third-order valence-corrected chi connectivity index (χ3v) is 6.19. The number of hydrogen-bond acceptors (Lipinski definition) is 2. The Labute approximate surface area is 186 Å². The number of nitrogens with zero attached hydrogens (tertiary/aromatic N) is 1. The summed E-state index contributed by atoms with van der Waals surface area (Å²) >= 11 is 0. The van der Waals surface area contributed by atoms with E-state index in [0.29, 0.717) is 5.75 Å². The zero-order valence-electron chi connectivity index (χ0n) is 17.4. The van der Waals surface area contributed by atoms with Gasteiger partial charge in [-0.15, -0.1) is 0 Å². The third kappa shape index (κ3) is 3.02. The first-order valence-electron chi connectivity index (χ1n) is 10.8. The molecule has 1 aliphatic rings. The van der Waals surface area contributed by atoms with E-state index >= 15 is 0 Å². The molecule has 0 aliphatic carbocycles. The van der Waals surface area contributed by atoms with Crippen LogP contribution in [-0.2, 0) is 4.79 Å². The van der Waals surface area contributed by atoms with Gasteiger partial charge in [-0.05, 0) is 63.5 Å². The number of anilines is 1. The number of para-hydroxylation sites is 2.